The zero-order valence-corrected chi connectivity index (χ0v) is 13.2. The largest absolute Gasteiger partial charge is 0.395 e. The molecule has 0 radical (unpaired) electrons. The zero-order chi connectivity index (χ0) is 16.8. The van der Waals surface area contributed by atoms with Crippen molar-refractivity contribution in [3.63, 3.8) is 0 Å². The van der Waals surface area contributed by atoms with Gasteiger partial charge in [0.05, 0.1) is 6.61 Å². The van der Waals surface area contributed by atoms with Gasteiger partial charge in [0.1, 0.15) is 11.7 Å². The quantitative estimate of drug-likeness (QED) is 0.645. The molecule has 0 bridgehead atoms. The van der Waals surface area contributed by atoms with Gasteiger partial charge in [-0.25, -0.2) is 0 Å². The number of amides is 2. The van der Waals surface area contributed by atoms with E-state index in [1.54, 1.807) is 13.0 Å². The van der Waals surface area contributed by atoms with Crippen LogP contribution in [0.2, 0.25) is 0 Å². The van der Waals surface area contributed by atoms with E-state index in [4.69, 9.17) is 5.11 Å². The van der Waals surface area contributed by atoms with Gasteiger partial charge in [0.25, 0.3) is 5.91 Å². The van der Waals surface area contributed by atoms with Crippen molar-refractivity contribution in [2.75, 3.05) is 13.2 Å². The molecule has 0 saturated heterocycles. The third-order valence-corrected chi connectivity index (χ3v) is 3.45. The molecule has 1 unspecified atom stereocenters. The second-order valence-corrected chi connectivity index (χ2v) is 5.36. The maximum atomic E-state index is 12.2. The van der Waals surface area contributed by atoms with Crippen LogP contribution in [-0.4, -0.2) is 41.1 Å². The number of nitrogens with one attached hydrogen (secondary N) is 3. The Bertz CT molecular complexity index is 677. The molecular formula is C17H21N3O3. The first-order valence-corrected chi connectivity index (χ1v) is 7.46. The summed E-state index contributed by atoms with van der Waals surface area (Å²) in [6.07, 6.45) is 0. The van der Waals surface area contributed by atoms with E-state index >= 15 is 0 Å². The molecule has 6 heteroatoms. The number of hydrogen-bond acceptors (Lipinski definition) is 3. The molecule has 0 spiro atoms. The minimum absolute atomic E-state index is 0.136. The molecule has 0 fully saturated rings. The predicted molar refractivity (Wildman–Crippen MR) is 88.0 cm³/mol. The lowest BCUT2D eigenvalue weighted by molar-refractivity contribution is -0.122. The lowest BCUT2D eigenvalue weighted by Crippen LogP contribution is -2.45. The minimum Gasteiger partial charge on any atom is -0.395 e. The Labute approximate surface area is 134 Å². The van der Waals surface area contributed by atoms with Crippen LogP contribution in [0.3, 0.4) is 0 Å². The molecule has 2 rings (SSSR count). The summed E-state index contributed by atoms with van der Waals surface area (Å²) < 4.78 is 0. The molecule has 2 amide bonds. The molecule has 6 nitrogen and oxygen atoms in total. The second kappa shape index (κ2) is 7.60. The van der Waals surface area contributed by atoms with Crippen molar-refractivity contribution in [1.29, 1.82) is 0 Å². The van der Waals surface area contributed by atoms with Crippen molar-refractivity contribution in [3.05, 3.63) is 47.7 Å². The topological polar surface area (TPSA) is 94.2 Å². The van der Waals surface area contributed by atoms with Crippen molar-refractivity contribution in [2.24, 2.45) is 0 Å². The van der Waals surface area contributed by atoms with Crippen LogP contribution in [0.15, 0.2) is 36.4 Å². The van der Waals surface area contributed by atoms with Gasteiger partial charge in [-0.1, -0.05) is 29.8 Å². The number of aryl methyl sites for hydroxylation is 1. The van der Waals surface area contributed by atoms with Crippen LogP contribution in [0.5, 0.6) is 0 Å². The summed E-state index contributed by atoms with van der Waals surface area (Å²) in [6, 6.07) is 10.8. The molecule has 23 heavy (non-hydrogen) atoms. The van der Waals surface area contributed by atoms with Crippen LogP contribution in [0.1, 0.15) is 23.0 Å². The molecule has 1 aromatic heterocycles. The normalized spacial score (nSPS) is 11.8. The van der Waals surface area contributed by atoms with Crippen molar-refractivity contribution in [1.82, 2.24) is 15.6 Å². The smallest absolute Gasteiger partial charge is 0.268 e. The number of rotatable bonds is 6. The maximum absolute atomic E-state index is 12.2. The van der Waals surface area contributed by atoms with Gasteiger partial charge >= 0.3 is 0 Å². The number of aliphatic hydroxyl groups is 1. The van der Waals surface area contributed by atoms with E-state index in [2.05, 4.69) is 15.6 Å². The zero-order valence-electron chi connectivity index (χ0n) is 13.2. The molecule has 1 atom stereocenters. The standard InChI is InChI=1S/C17H21N3O3/c1-11-3-5-13(6-4-11)14-7-8-15(20-14)17(23)19-12(2)16(22)18-9-10-21/h3-8,12,20-21H,9-10H2,1-2H3,(H,18,22)(H,19,23). The van der Waals surface area contributed by atoms with Gasteiger partial charge in [0, 0.05) is 12.2 Å². The van der Waals surface area contributed by atoms with E-state index in [-0.39, 0.29) is 25.0 Å². The third kappa shape index (κ3) is 4.43. The van der Waals surface area contributed by atoms with Crippen LogP contribution in [0.4, 0.5) is 0 Å². The first kappa shape index (κ1) is 16.8. The SMILES string of the molecule is Cc1ccc(-c2ccc(C(=O)NC(C)C(=O)NCCO)[nH]2)cc1. The molecule has 4 N–H and O–H groups in total. The monoisotopic (exact) mass is 315 g/mol. The van der Waals surface area contributed by atoms with E-state index in [0.29, 0.717) is 5.69 Å². The highest BCUT2D eigenvalue weighted by Gasteiger charge is 2.17. The molecule has 0 aliphatic carbocycles. The summed E-state index contributed by atoms with van der Waals surface area (Å²) in [7, 11) is 0. The van der Waals surface area contributed by atoms with Crippen molar-refractivity contribution in [2.45, 2.75) is 19.9 Å². The van der Waals surface area contributed by atoms with Gasteiger partial charge in [0.15, 0.2) is 0 Å². The van der Waals surface area contributed by atoms with Gasteiger partial charge in [-0.3, -0.25) is 9.59 Å². The van der Waals surface area contributed by atoms with E-state index in [9.17, 15) is 9.59 Å². The van der Waals surface area contributed by atoms with Gasteiger partial charge < -0.3 is 20.7 Å². The summed E-state index contributed by atoms with van der Waals surface area (Å²) in [5.41, 5.74) is 3.39. The molecule has 1 heterocycles. The highest BCUT2D eigenvalue weighted by molar-refractivity contribution is 5.96. The lowest BCUT2D eigenvalue weighted by atomic mass is 10.1. The molecular weight excluding hydrogens is 294 g/mol. The Morgan fingerprint density at radius 1 is 1.17 bits per heavy atom. The van der Waals surface area contributed by atoms with Crippen LogP contribution in [-0.2, 0) is 4.79 Å². The van der Waals surface area contributed by atoms with Gasteiger partial charge in [-0.2, -0.15) is 0 Å². The average molecular weight is 315 g/mol. The maximum Gasteiger partial charge on any atom is 0.268 e. The van der Waals surface area contributed by atoms with Crippen molar-refractivity contribution >= 4 is 11.8 Å². The minimum atomic E-state index is -0.680. The Balaban J connectivity index is 2.01. The molecule has 0 aliphatic rings. The first-order valence-electron chi connectivity index (χ1n) is 7.46. The van der Waals surface area contributed by atoms with Gasteiger partial charge in [-0.15, -0.1) is 0 Å². The lowest BCUT2D eigenvalue weighted by Gasteiger charge is -2.13. The number of aliphatic hydroxyl groups excluding tert-OH is 1. The number of benzene rings is 1. The fourth-order valence-electron chi connectivity index (χ4n) is 2.10. The summed E-state index contributed by atoms with van der Waals surface area (Å²) >= 11 is 0. The number of hydrogen-bond donors (Lipinski definition) is 4. The molecule has 122 valence electrons. The van der Waals surface area contributed by atoms with Crippen LogP contribution >= 0.6 is 0 Å². The summed E-state index contributed by atoms with van der Waals surface area (Å²) in [4.78, 5) is 26.9. The highest BCUT2D eigenvalue weighted by atomic mass is 16.3. The van der Waals surface area contributed by atoms with Crippen molar-refractivity contribution in [3.8, 4) is 11.3 Å². The van der Waals surface area contributed by atoms with Gasteiger partial charge in [0.2, 0.25) is 5.91 Å². The Morgan fingerprint density at radius 2 is 1.87 bits per heavy atom. The molecule has 1 aromatic carbocycles. The third-order valence-electron chi connectivity index (χ3n) is 3.45. The summed E-state index contributed by atoms with van der Waals surface area (Å²) in [5.74, 6) is -0.687. The Kier molecular flexibility index (Phi) is 5.54. The number of H-pyrrole nitrogens is 1. The Hall–Kier alpha value is -2.60. The number of aromatic nitrogens is 1. The van der Waals surface area contributed by atoms with E-state index in [0.717, 1.165) is 11.3 Å². The average Bonchev–Trinajstić information content (AvgIpc) is 3.03. The first-order chi connectivity index (χ1) is 11.0. The Morgan fingerprint density at radius 3 is 2.52 bits per heavy atom. The number of carbonyl (C=O) groups excluding carboxylic acids is 2. The highest BCUT2D eigenvalue weighted by Crippen LogP contribution is 2.19. The van der Waals surface area contributed by atoms with Crippen molar-refractivity contribution < 1.29 is 14.7 Å². The summed E-state index contributed by atoms with van der Waals surface area (Å²) in [5, 5.41) is 13.8. The fourth-order valence-corrected chi connectivity index (χ4v) is 2.10. The van der Waals surface area contributed by atoms with Crippen LogP contribution < -0.4 is 10.6 Å². The molecule has 2 aromatic rings. The number of aromatic amines is 1. The second-order valence-electron chi connectivity index (χ2n) is 5.36. The van der Waals surface area contributed by atoms with Crippen LogP contribution in [0.25, 0.3) is 11.3 Å². The van der Waals surface area contributed by atoms with E-state index in [1.807, 2.05) is 37.3 Å². The van der Waals surface area contributed by atoms with E-state index in [1.165, 1.54) is 5.56 Å². The number of carbonyl (C=O) groups is 2. The van der Waals surface area contributed by atoms with E-state index < -0.39 is 6.04 Å². The molecule has 0 aliphatic heterocycles. The molecule has 0 saturated carbocycles. The van der Waals surface area contributed by atoms with Gasteiger partial charge in [-0.05, 0) is 31.5 Å². The summed E-state index contributed by atoms with van der Waals surface area (Å²) in [6.45, 7) is 3.64. The van der Waals surface area contributed by atoms with Crippen LogP contribution in [0, 0.1) is 6.92 Å². The predicted octanol–water partition coefficient (Wildman–Crippen LogP) is 1.22. The fraction of sp³-hybridized carbons (Fsp3) is 0.294.